The van der Waals surface area contributed by atoms with Gasteiger partial charge in [-0.25, -0.2) is 8.42 Å². The minimum atomic E-state index is -3.91. The molecule has 152 valence electrons. The van der Waals surface area contributed by atoms with E-state index in [4.69, 9.17) is 11.6 Å². The first-order valence-electron chi connectivity index (χ1n) is 9.69. The van der Waals surface area contributed by atoms with Gasteiger partial charge >= 0.3 is 0 Å². The number of amides is 1. The van der Waals surface area contributed by atoms with E-state index in [9.17, 15) is 13.2 Å². The van der Waals surface area contributed by atoms with Gasteiger partial charge in [-0.1, -0.05) is 36.7 Å². The van der Waals surface area contributed by atoms with Gasteiger partial charge in [0.15, 0.2) is 4.91 Å². The molecular formula is C22H23ClN2O3S. The Morgan fingerprint density at radius 3 is 2.48 bits per heavy atom. The highest BCUT2D eigenvalue weighted by atomic mass is 35.5. The minimum Gasteiger partial charge on any atom is -0.338 e. The Labute approximate surface area is 176 Å². The predicted molar refractivity (Wildman–Crippen MR) is 115 cm³/mol. The summed E-state index contributed by atoms with van der Waals surface area (Å²) in [5, 5.41) is 0.583. The lowest BCUT2D eigenvalue weighted by atomic mass is 9.99. The van der Waals surface area contributed by atoms with Crippen LogP contribution in [0.3, 0.4) is 0 Å². The topological polar surface area (TPSA) is 57.7 Å². The van der Waals surface area contributed by atoms with E-state index in [1.807, 2.05) is 19.1 Å². The zero-order chi connectivity index (χ0) is 20.8. The van der Waals surface area contributed by atoms with E-state index < -0.39 is 15.7 Å². The lowest BCUT2D eigenvalue weighted by molar-refractivity contribution is -0.127. The van der Waals surface area contributed by atoms with Crippen LogP contribution in [0.5, 0.6) is 0 Å². The number of carbonyl (C=O) groups is 1. The number of benzene rings is 2. The Hall–Kier alpha value is -2.31. The maximum absolute atomic E-state index is 13.3. The van der Waals surface area contributed by atoms with E-state index in [0.29, 0.717) is 35.4 Å². The zero-order valence-electron chi connectivity index (χ0n) is 16.4. The van der Waals surface area contributed by atoms with Crippen molar-refractivity contribution in [3.63, 3.8) is 0 Å². The fourth-order valence-electron chi connectivity index (χ4n) is 3.74. The molecule has 1 saturated heterocycles. The number of piperidine rings is 1. The Balaban J connectivity index is 1.82. The van der Waals surface area contributed by atoms with Crippen molar-refractivity contribution in [3.05, 3.63) is 64.2 Å². The molecule has 0 aliphatic carbocycles. The van der Waals surface area contributed by atoms with Crippen molar-refractivity contribution >= 4 is 38.7 Å². The molecule has 2 aliphatic heterocycles. The molecule has 2 aromatic carbocycles. The summed E-state index contributed by atoms with van der Waals surface area (Å²) in [5.74, 6) is 0.109. The highest BCUT2D eigenvalue weighted by molar-refractivity contribution is 7.96. The second-order valence-electron chi connectivity index (χ2n) is 7.74. The van der Waals surface area contributed by atoms with Crippen molar-refractivity contribution in [2.75, 3.05) is 18.0 Å². The largest absolute Gasteiger partial charge is 0.338 e. The average Bonchev–Trinajstić information content (AvgIpc) is 2.70. The van der Waals surface area contributed by atoms with Crippen molar-refractivity contribution < 1.29 is 13.2 Å². The Morgan fingerprint density at radius 2 is 1.79 bits per heavy atom. The lowest BCUT2D eigenvalue weighted by Gasteiger charge is -2.33. The number of halogens is 1. The van der Waals surface area contributed by atoms with Crippen molar-refractivity contribution in [2.45, 2.75) is 31.6 Å². The van der Waals surface area contributed by atoms with Crippen LogP contribution in [0.25, 0.3) is 0 Å². The number of fused-ring (bicyclic) bond motifs is 1. The van der Waals surface area contributed by atoms with Gasteiger partial charge in [-0.15, -0.1) is 0 Å². The first-order chi connectivity index (χ1) is 13.8. The number of nitrogens with zero attached hydrogens (tertiary/aromatic N) is 2. The molecule has 1 amide bonds. The van der Waals surface area contributed by atoms with Gasteiger partial charge in [-0.05, 0) is 55.5 Å². The molecule has 0 spiro atoms. The molecule has 29 heavy (non-hydrogen) atoms. The van der Waals surface area contributed by atoms with Gasteiger partial charge in [0.05, 0.1) is 10.6 Å². The summed E-state index contributed by atoms with van der Waals surface area (Å²) < 4.78 is 26.6. The maximum atomic E-state index is 13.3. The van der Waals surface area contributed by atoms with Gasteiger partial charge in [0.25, 0.3) is 5.91 Å². The molecule has 1 fully saturated rings. The van der Waals surface area contributed by atoms with Crippen LogP contribution in [0.4, 0.5) is 11.4 Å². The fraction of sp³-hybridized carbons (Fsp3) is 0.318. The van der Waals surface area contributed by atoms with Crippen LogP contribution in [-0.4, -0.2) is 32.3 Å². The first-order valence-corrected chi connectivity index (χ1v) is 11.6. The Kier molecular flexibility index (Phi) is 5.17. The molecule has 2 heterocycles. The zero-order valence-corrected chi connectivity index (χ0v) is 18.0. The van der Waals surface area contributed by atoms with E-state index in [1.165, 1.54) is 6.20 Å². The molecule has 2 aromatic rings. The van der Waals surface area contributed by atoms with Gasteiger partial charge in [-0.3, -0.25) is 4.79 Å². The van der Waals surface area contributed by atoms with Crippen molar-refractivity contribution in [3.8, 4) is 0 Å². The summed E-state index contributed by atoms with van der Waals surface area (Å²) in [7, 11) is -3.91. The van der Waals surface area contributed by atoms with E-state index in [1.54, 1.807) is 40.1 Å². The number of sulfone groups is 1. The molecular weight excluding hydrogens is 408 g/mol. The second-order valence-corrected chi connectivity index (χ2v) is 10.0. The number of hydrogen-bond acceptors (Lipinski definition) is 4. The molecule has 0 radical (unpaired) electrons. The number of para-hydroxylation sites is 1. The third kappa shape index (κ3) is 3.55. The van der Waals surface area contributed by atoms with Crippen LogP contribution in [0, 0.1) is 12.8 Å². The summed E-state index contributed by atoms with van der Waals surface area (Å²) >= 11 is 6.31. The molecule has 4 rings (SSSR count). The molecule has 0 saturated carbocycles. The quantitative estimate of drug-likeness (QED) is 0.694. The first kappa shape index (κ1) is 20.0. The molecule has 0 N–H and O–H groups in total. The van der Waals surface area contributed by atoms with Crippen LogP contribution in [0.2, 0.25) is 5.02 Å². The average molecular weight is 431 g/mol. The summed E-state index contributed by atoms with van der Waals surface area (Å²) in [4.78, 5) is 16.5. The van der Waals surface area contributed by atoms with Gasteiger partial charge < -0.3 is 9.80 Å². The van der Waals surface area contributed by atoms with Crippen molar-refractivity contribution in [1.82, 2.24) is 4.90 Å². The summed E-state index contributed by atoms with van der Waals surface area (Å²) in [6.45, 7) is 5.20. The van der Waals surface area contributed by atoms with E-state index in [2.05, 4.69) is 6.92 Å². The number of aryl methyl sites for hydroxylation is 1. The SMILES string of the molecule is Cc1ccc(N2C=C(C(=O)N3CCC(C)CC3)S(=O)(=O)c3ccccc32)cc1Cl. The normalized spacial score (nSPS) is 18.9. The maximum Gasteiger partial charge on any atom is 0.267 e. The second kappa shape index (κ2) is 7.50. The van der Waals surface area contributed by atoms with Crippen LogP contribution < -0.4 is 4.90 Å². The smallest absolute Gasteiger partial charge is 0.267 e. The molecule has 0 bridgehead atoms. The van der Waals surface area contributed by atoms with Gasteiger partial charge in [0.2, 0.25) is 9.84 Å². The standard InChI is InChI=1S/C22H23ClN2O3S/c1-15-9-11-24(12-10-15)22(26)21-14-25(17-8-7-16(2)18(23)13-17)19-5-3-4-6-20(19)29(21,27)28/h3-8,13-15H,9-12H2,1-2H3. The minimum absolute atomic E-state index is 0.132. The molecule has 0 atom stereocenters. The van der Waals surface area contributed by atoms with Crippen LogP contribution in [0.1, 0.15) is 25.3 Å². The Bertz CT molecular complexity index is 1100. The van der Waals surface area contributed by atoms with Gasteiger partial charge in [0, 0.05) is 30.0 Å². The molecule has 0 unspecified atom stereocenters. The highest BCUT2D eigenvalue weighted by Gasteiger charge is 2.38. The van der Waals surface area contributed by atoms with E-state index in [0.717, 1.165) is 18.4 Å². The van der Waals surface area contributed by atoms with Gasteiger partial charge in [0.1, 0.15) is 0 Å². The van der Waals surface area contributed by atoms with Crippen LogP contribution in [0.15, 0.2) is 58.5 Å². The lowest BCUT2D eigenvalue weighted by Crippen LogP contribution is -2.41. The molecule has 5 nitrogen and oxygen atoms in total. The fourth-order valence-corrected chi connectivity index (χ4v) is 5.46. The summed E-state index contributed by atoms with van der Waals surface area (Å²) in [5.41, 5.74) is 2.15. The number of likely N-dealkylation sites (tertiary alicyclic amines) is 1. The van der Waals surface area contributed by atoms with Crippen molar-refractivity contribution in [1.29, 1.82) is 0 Å². The van der Waals surface area contributed by atoms with E-state index in [-0.39, 0.29) is 9.80 Å². The third-order valence-electron chi connectivity index (χ3n) is 5.67. The van der Waals surface area contributed by atoms with Gasteiger partial charge in [-0.2, -0.15) is 0 Å². The number of hydrogen-bond donors (Lipinski definition) is 0. The molecule has 7 heteroatoms. The third-order valence-corrected chi connectivity index (χ3v) is 7.86. The number of anilines is 2. The van der Waals surface area contributed by atoms with Crippen LogP contribution in [-0.2, 0) is 14.6 Å². The molecule has 0 aromatic heterocycles. The number of carbonyl (C=O) groups excluding carboxylic acids is 1. The predicted octanol–water partition coefficient (Wildman–Crippen LogP) is 4.67. The van der Waals surface area contributed by atoms with Crippen LogP contribution >= 0.6 is 11.6 Å². The highest BCUT2D eigenvalue weighted by Crippen LogP contribution is 2.41. The molecule has 2 aliphatic rings. The summed E-state index contributed by atoms with van der Waals surface area (Å²) in [6, 6.07) is 12.3. The van der Waals surface area contributed by atoms with Crippen molar-refractivity contribution in [2.24, 2.45) is 5.92 Å². The van der Waals surface area contributed by atoms with E-state index >= 15 is 0 Å². The monoisotopic (exact) mass is 430 g/mol. The summed E-state index contributed by atoms with van der Waals surface area (Å²) in [6.07, 6.45) is 3.21. The number of rotatable bonds is 2. The Morgan fingerprint density at radius 1 is 1.10 bits per heavy atom.